The molecule has 0 aliphatic rings. The molecule has 1 aromatic rings. The average molecular weight is 294 g/mol. The fraction of sp³-hybridized carbons (Fsp3) is 0.500. The molecule has 0 fully saturated rings. The molecule has 1 amide bonds. The Morgan fingerprint density at radius 3 is 2.70 bits per heavy atom. The first-order valence-corrected chi connectivity index (χ1v) is 7.02. The van der Waals surface area contributed by atoms with E-state index in [0.717, 1.165) is 18.5 Å². The van der Waals surface area contributed by atoms with Crippen molar-refractivity contribution in [1.82, 2.24) is 14.8 Å². The highest BCUT2D eigenvalue weighted by atomic mass is 32.1. The number of likely N-dealkylation sites (N-methyl/N-ethyl adjacent to an activating group) is 1. The SMILES string of the molecule is CCCN(CC(=O)N(C)C)Cc1ccnc(C(N)=S)c1. The van der Waals surface area contributed by atoms with Crippen molar-refractivity contribution in [2.75, 3.05) is 27.2 Å². The Labute approximate surface area is 125 Å². The minimum absolute atomic E-state index is 0.0991. The molecule has 2 N–H and O–H groups in total. The van der Waals surface area contributed by atoms with Crippen molar-refractivity contribution in [2.24, 2.45) is 5.73 Å². The summed E-state index contributed by atoms with van der Waals surface area (Å²) in [6, 6.07) is 3.80. The van der Waals surface area contributed by atoms with Crippen molar-refractivity contribution in [1.29, 1.82) is 0 Å². The van der Waals surface area contributed by atoms with Crippen LogP contribution in [0, 0.1) is 0 Å². The van der Waals surface area contributed by atoms with E-state index in [-0.39, 0.29) is 5.91 Å². The van der Waals surface area contributed by atoms with Gasteiger partial charge in [-0.05, 0) is 30.7 Å². The smallest absolute Gasteiger partial charge is 0.236 e. The van der Waals surface area contributed by atoms with Gasteiger partial charge in [-0.3, -0.25) is 14.7 Å². The number of thiocarbonyl (C=S) groups is 1. The molecule has 0 aromatic carbocycles. The highest BCUT2D eigenvalue weighted by Gasteiger charge is 2.12. The first kappa shape index (κ1) is 16.5. The van der Waals surface area contributed by atoms with Crippen LogP contribution in [0.4, 0.5) is 0 Å². The first-order valence-electron chi connectivity index (χ1n) is 6.61. The fourth-order valence-corrected chi connectivity index (χ4v) is 1.94. The summed E-state index contributed by atoms with van der Waals surface area (Å²) >= 11 is 4.93. The van der Waals surface area contributed by atoms with Gasteiger partial charge in [-0.1, -0.05) is 19.1 Å². The van der Waals surface area contributed by atoms with E-state index in [9.17, 15) is 4.79 Å². The van der Waals surface area contributed by atoms with Crippen molar-refractivity contribution in [3.63, 3.8) is 0 Å². The predicted octanol–water partition coefficient (Wildman–Crippen LogP) is 1.02. The third-order valence-corrected chi connectivity index (χ3v) is 3.09. The van der Waals surface area contributed by atoms with Crippen LogP contribution in [0.1, 0.15) is 24.6 Å². The molecule has 6 heteroatoms. The molecule has 1 heterocycles. The molecule has 0 unspecified atom stereocenters. The number of carbonyl (C=O) groups excluding carboxylic acids is 1. The third kappa shape index (κ3) is 5.22. The minimum atomic E-state index is 0.0991. The van der Waals surface area contributed by atoms with E-state index in [1.54, 1.807) is 25.2 Å². The van der Waals surface area contributed by atoms with E-state index >= 15 is 0 Å². The minimum Gasteiger partial charge on any atom is -0.388 e. The molecule has 0 radical (unpaired) electrons. The molecule has 20 heavy (non-hydrogen) atoms. The molecule has 0 saturated carbocycles. The second-order valence-electron chi connectivity index (χ2n) is 4.91. The number of pyridine rings is 1. The largest absolute Gasteiger partial charge is 0.388 e. The molecule has 0 atom stereocenters. The Bertz CT molecular complexity index is 476. The van der Waals surface area contributed by atoms with E-state index in [2.05, 4.69) is 16.8 Å². The van der Waals surface area contributed by atoms with Crippen LogP contribution in [0.25, 0.3) is 0 Å². The Kier molecular flexibility index (Phi) is 6.54. The van der Waals surface area contributed by atoms with Gasteiger partial charge in [0.25, 0.3) is 0 Å². The van der Waals surface area contributed by atoms with Crippen LogP contribution in [-0.2, 0) is 11.3 Å². The Morgan fingerprint density at radius 1 is 1.45 bits per heavy atom. The normalized spacial score (nSPS) is 10.6. The number of hydrogen-bond acceptors (Lipinski definition) is 4. The lowest BCUT2D eigenvalue weighted by Gasteiger charge is -2.23. The van der Waals surface area contributed by atoms with E-state index in [4.69, 9.17) is 18.0 Å². The maximum atomic E-state index is 11.8. The number of aromatic nitrogens is 1. The maximum Gasteiger partial charge on any atom is 0.236 e. The van der Waals surface area contributed by atoms with Gasteiger partial charge >= 0.3 is 0 Å². The van der Waals surface area contributed by atoms with Crippen LogP contribution in [0.3, 0.4) is 0 Å². The van der Waals surface area contributed by atoms with Crippen molar-refractivity contribution in [2.45, 2.75) is 19.9 Å². The van der Waals surface area contributed by atoms with Crippen molar-refractivity contribution < 1.29 is 4.79 Å². The molecular formula is C14H22N4OS. The van der Waals surface area contributed by atoms with Gasteiger partial charge in [0.15, 0.2) is 0 Å². The lowest BCUT2D eigenvalue weighted by atomic mass is 10.2. The van der Waals surface area contributed by atoms with Gasteiger partial charge in [-0.25, -0.2) is 0 Å². The maximum absolute atomic E-state index is 11.8. The van der Waals surface area contributed by atoms with Crippen molar-refractivity contribution >= 4 is 23.1 Å². The lowest BCUT2D eigenvalue weighted by Crippen LogP contribution is -2.36. The number of hydrogen-bond donors (Lipinski definition) is 1. The second kappa shape index (κ2) is 7.91. The van der Waals surface area contributed by atoms with Gasteiger partial charge in [-0.2, -0.15) is 0 Å². The summed E-state index contributed by atoms with van der Waals surface area (Å²) in [4.78, 5) is 20.0. The summed E-state index contributed by atoms with van der Waals surface area (Å²) in [5.74, 6) is 0.0991. The van der Waals surface area contributed by atoms with Crippen LogP contribution >= 0.6 is 12.2 Å². The molecule has 0 aliphatic carbocycles. The highest BCUT2D eigenvalue weighted by Crippen LogP contribution is 2.07. The van der Waals surface area contributed by atoms with E-state index in [1.165, 1.54) is 0 Å². The summed E-state index contributed by atoms with van der Waals surface area (Å²) in [6.07, 6.45) is 2.69. The Balaban J connectivity index is 2.77. The summed E-state index contributed by atoms with van der Waals surface area (Å²) in [6.45, 7) is 4.06. The van der Waals surface area contributed by atoms with Gasteiger partial charge in [0.1, 0.15) is 4.99 Å². The number of nitrogens with zero attached hydrogens (tertiary/aromatic N) is 3. The van der Waals surface area contributed by atoms with Gasteiger partial charge in [-0.15, -0.1) is 0 Å². The standard InChI is InChI=1S/C14H22N4OS/c1-4-7-18(10-13(19)17(2)3)9-11-5-6-16-12(8-11)14(15)20/h5-6,8H,4,7,9-10H2,1-3H3,(H2,15,20). The number of nitrogens with two attached hydrogens (primary N) is 1. The van der Waals surface area contributed by atoms with E-state index < -0.39 is 0 Å². The van der Waals surface area contributed by atoms with Crippen LogP contribution < -0.4 is 5.73 Å². The van der Waals surface area contributed by atoms with Crippen LogP contribution in [0.5, 0.6) is 0 Å². The summed E-state index contributed by atoms with van der Waals surface area (Å²) in [5, 5.41) is 0. The predicted molar refractivity (Wildman–Crippen MR) is 84.4 cm³/mol. The zero-order chi connectivity index (χ0) is 15.1. The van der Waals surface area contributed by atoms with E-state index in [1.807, 2.05) is 12.1 Å². The van der Waals surface area contributed by atoms with Gasteiger partial charge in [0.2, 0.25) is 5.91 Å². The quantitative estimate of drug-likeness (QED) is 0.761. The van der Waals surface area contributed by atoms with Gasteiger partial charge in [0.05, 0.1) is 12.2 Å². The van der Waals surface area contributed by atoms with Gasteiger partial charge in [0, 0.05) is 26.8 Å². The highest BCUT2D eigenvalue weighted by molar-refractivity contribution is 7.80. The molecule has 110 valence electrons. The molecule has 0 spiro atoms. The lowest BCUT2D eigenvalue weighted by molar-refractivity contribution is -0.130. The van der Waals surface area contributed by atoms with Gasteiger partial charge < -0.3 is 10.6 Å². The van der Waals surface area contributed by atoms with Crippen molar-refractivity contribution in [3.8, 4) is 0 Å². The summed E-state index contributed by atoms with van der Waals surface area (Å²) in [5.41, 5.74) is 7.26. The average Bonchev–Trinajstić information content (AvgIpc) is 2.39. The fourth-order valence-electron chi connectivity index (χ4n) is 1.83. The van der Waals surface area contributed by atoms with Crippen LogP contribution in [0.2, 0.25) is 0 Å². The zero-order valence-electron chi connectivity index (χ0n) is 12.3. The monoisotopic (exact) mass is 294 g/mol. The van der Waals surface area contributed by atoms with Crippen LogP contribution in [-0.4, -0.2) is 52.9 Å². The Hall–Kier alpha value is -1.53. The molecule has 1 aromatic heterocycles. The number of rotatable bonds is 7. The van der Waals surface area contributed by atoms with Crippen LogP contribution in [0.15, 0.2) is 18.3 Å². The third-order valence-electron chi connectivity index (χ3n) is 2.88. The second-order valence-corrected chi connectivity index (χ2v) is 5.35. The molecule has 5 nitrogen and oxygen atoms in total. The zero-order valence-corrected chi connectivity index (χ0v) is 13.1. The first-order chi connectivity index (χ1) is 9.43. The summed E-state index contributed by atoms with van der Waals surface area (Å²) < 4.78 is 0. The molecule has 1 rings (SSSR count). The molecule has 0 saturated heterocycles. The Morgan fingerprint density at radius 2 is 2.15 bits per heavy atom. The van der Waals surface area contributed by atoms with Crippen molar-refractivity contribution in [3.05, 3.63) is 29.6 Å². The summed E-state index contributed by atoms with van der Waals surface area (Å²) in [7, 11) is 3.54. The van der Waals surface area contributed by atoms with E-state index in [0.29, 0.717) is 23.8 Å². The topological polar surface area (TPSA) is 62.5 Å². The number of amides is 1. The molecular weight excluding hydrogens is 272 g/mol. The molecule has 0 bridgehead atoms. The number of carbonyl (C=O) groups is 1. The molecule has 0 aliphatic heterocycles.